The fraction of sp³-hybridized carbons (Fsp3) is 0.120. The van der Waals surface area contributed by atoms with Crippen LogP contribution in [0.4, 0.5) is 17.6 Å². The lowest BCUT2D eigenvalue weighted by Crippen LogP contribution is -2.00. The highest BCUT2D eigenvalue weighted by Crippen LogP contribution is 2.33. The summed E-state index contributed by atoms with van der Waals surface area (Å²) in [6.45, 7) is 0. The first kappa shape index (κ1) is 20.0. The van der Waals surface area contributed by atoms with Crippen molar-refractivity contribution in [2.45, 2.75) is 12.6 Å². The Labute approximate surface area is 171 Å². The number of alkyl halides is 1. The molecule has 0 radical (unpaired) electrons. The molecule has 0 aliphatic rings. The molecule has 1 nitrogen and oxygen atoms in total. The summed E-state index contributed by atoms with van der Waals surface area (Å²) in [5.41, 5.74) is 1.33. The number of ether oxygens (including phenoxy) is 1. The van der Waals surface area contributed by atoms with E-state index < -0.39 is 29.4 Å². The summed E-state index contributed by atoms with van der Waals surface area (Å²) in [7, 11) is 1.07. The molecule has 0 fully saturated rings. The smallest absolute Gasteiger partial charge is 0.204 e. The molecule has 0 amide bonds. The first-order valence-corrected chi connectivity index (χ1v) is 9.41. The van der Waals surface area contributed by atoms with Gasteiger partial charge in [0.15, 0.2) is 17.4 Å². The number of hydrogen-bond donors (Lipinski definition) is 0. The average molecular weight is 410 g/mol. The molecule has 4 aromatic rings. The van der Waals surface area contributed by atoms with Crippen molar-refractivity contribution in [1.29, 1.82) is 0 Å². The van der Waals surface area contributed by atoms with E-state index in [0.717, 1.165) is 23.9 Å². The number of hydrogen-bond acceptors (Lipinski definition) is 1. The summed E-state index contributed by atoms with van der Waals surface area (Å²) in [6.07, 6.45) is -1.08. The molecule has 0 aliphatic carbocycles. The van der Waals surface area contributed by atoms with Gasteiger partial charge in [0.25, 0.3) is 0 Å². The third-order valence-electron chi connectivity index (χ3n) is 5.14. The van der Waals surface area contributed by atoms with Gasteiger partial charge in [-0.25, -0.2) is 13.2 Å². The maximum atomic E-state index is 14.9. The third kappa shape index (κ3) is 3.75. The van der Waals surface area contributed by atoms with E-state index in [1.54, 1.807) is 18.2 Å². The molecule has 5 heteroatoms. The molecule has 0 heterocycles. The Morgan fingerprint density at radius 2 is 1.50 bits per heavy atom. The number of benzene rings is 4. The van der Waals surface area contributed by atoms with Gasteiger partial charge in [0.1, 0.15) is 6.17 Å². The SMILES string of the molecule is COc1c(F)cc(-c2ccc(CC(F)c3ccc4ccccc4c3)cc2)c(F)c1F. The molecule has 1 atom stereocenters. The summed E-state index contributed by atoms with van der Waals surface area (Å²) in [5, 5.41) is 2.01. The summed E-state index contributed by atoms with van der Waals surface area (Å²) in [4.78, 5) is 0. The molecule has 0 saturated carbocycles. The van der Waals surface area contributed by atoms with Gasteiger partial charge in [0.2, 0.25) is 5.82 Å². The molecular formula is C25H18F4O. The zero-order valence-corrected chi connectivity index (χ0v) is 16.1. The zero-order chi connectivity index (χ0) is 21.3. The van der Waals surface area contributed by atoms with Crippen molar-refractivity contribution in [1.82, 2.24) is 0 Å². The highest BCUT2D eigenvalue weighted by molar-refractivity contribution is 5.83. The van der Waals surface area contributed by atoms with Crippen LogP contribution in [0.2, 0.25) is 0 Å². The molecule has 0 spiro atoms. The lowest BCUT2D eigenvalue weighted by molar-refractivity contribution is 0.342. The Morgan fingerprint density at radius 1 is 0.800 bits per heavy atom. The van der Waals surface area contributed by atoms with Crippen LogP contribution in [-0.4, -0.2) is 7.11 Å². The number of halogens is 4. The molecule has 4 aromatic carbocycles. The first-order chi connectivity index (χ1) is 14.5. The van der Waals surface area contributed by atoms with E-state index in [1.807, 2.05) is 36.4 Å². The van der Waals surface area contributed by atoms with Crippen LogP contribution in [0.5, 0.6) is 5.75 Å². The Morgan fingerprint density at radius 3 is 2.20 bits per heavy atom. The van der Waals surface area contributed by atoms with Gasteiger partial charge in [0, 0.05) is 12.0 Å². The Hall–Kier alpha value is -3.34. The molecule has 0 aromatic heterocycles. The van der Waals surface area contributed by atoms with Gasteiger partial charge in [-0.2, -0.15) is 4.39 Å². The maximum Gasteiger partial charge on any atom is 0.204 e. The van der Waals surface area contributed by atoms with E-state index in [0.29, 0.717) is 11.1 Å². The molecule has 1 unspecified atom stereocenters. The van der Waals surface area contributed by atoms with E-state index in [2.05, 4.69) is 4.74 Å². The summed E-state index contributed by atoms with van der Waals surface area (Å²) in [6, 6.07) is 20.4. The minimum Gasteiger partial charge on any atom is -0.491 e. The van der Waals surface area contributed by atoms with Crippen molar-refractivity contribution in [2.24, 2.45) is 0 Å². The molecule has 152 valence electrons. The minimum atomic E-state index is -1.38. The Kier molecular flexibility index (Phi) is 5.44. The minimum absolute atomic E-state index is 0.131. The van der Waals surface area contributed by atoms with Crippen molar-refractivity contribution >= 4 is 10.8 Å². The largest absolute Gasteiger partial charge is 0.491 e. The van der Waals surface area contributed by atoms with Gasteiger partial charge < -0.3 is 4.74 Å². The second-order valence-corrected chi connectivity index (χ2v) is 7.04. The molecule has 30 heavy (non-hydrogen) atoms. The molecule has 4 rings (SSSR count). The number of rotatable bonds is 5. The third-order valence-corrected chi connectivity index (χ3v) is 5.14. The van der Waals surface area contributed by atoms with E-state index in [1.165, 1.54) is 12.1 Å². The van der Waals surface area contributed by atoms with Crippen LogP contribution in [0.15, 0.2) is 72.8 Å². The van der Waals surface area contributed by atoms with E-state index in [9.17, 15) is 17.6 Å². The average Bonchev–Trinajstić information content (AvgIpc) is 2.77. The highest BCUT2D eigenvalue weighted by Gasteiger charge is 2.20. The number of methoxy groups -OCH3 is 1. The van der Waals surface area contributed by atoms with Crippen molar-refractivity contribution in [3.8, 4) is 16.9 Å². The van der Waals surface area contributed by atoms with Crippen LogP contribution in [0.3, 0.4) is 0 Å². The van der Waals surface area contributed by atoms with Gasteiger partial charge in [-0.1, -0.05) is 60.7 Å². The molecule has 0 saturated heterocycles. The van der Waals surface area contributed by atoms with Gasteiger partial charge in [0.05, 0.1) is 7.11 Å². The fourth-order valence-electron chi connectivity index (χ4n) is 3.52. The van der Waals surface area contributed by atoms with Crippen LogP contribution in [0, 0.1) is 17.5 Å². The van der Waals surface area contributed by atoms with Crippen molar-refractivity contribution in [2.75, 3.05) is 7.11 Å². The molecule has 0 bridgehead atoms. The second kappa shape index (κ2) is 8.19. The quantitative estimate of drug-likeness (QED) is 0.250. The van der Waals surface area contributed by atoms with Gasteiger partial charge in [-0.3, -0.25) is 0 Å². The van der Waals surface area contributed by atoms with Crippen molar-refractivity contribution in [3.05, 3.63) is 101 Å². The summed E-state index contributed by atoms with van der Waals surface area (Å²) >= 11 is 0. The Bertz CT molecular complexity index is 1200. The fourth-order valence-corrected chi connectivity index (χ4v) is 3.52. The van der Waals surface area contributed by atoms with Gasteiger partial charge in [-0.05, 0) is 39.6 Å². The van der Waals surface area contributed by atoms with Crippen molar-refractivity contribution < 1.29 is 22.3 Å². The molecular weight excluding hydrogens is 392 g/mol. The van der Waals surface area contributed by atoms with E-state index in [4.69, 9.17) is 0 Å². The summed E-state index contributed by atoms with van der Waals surface area (Å²) < 4.78 is 61.6. The lowest BCUT2D eigenvalue weighted by Gasteiger charge is -2.12. The highest BCUT2D eigenvalue weighted by atomic mass is 19.2. The van der Waals surface area contributed by atoms with Crippen LogP contribution >= 0.6 is 0 Å². The van der Waals surface area contributed by atoms with Crippen LogP contribution in [0.1, 0.15) is 17.3 Å². The van der Waals surface area contributed by atoms with Crippen LogP contribution in [0.25, 0.3) is 21.9 Å². The molecule has 0 N–H and O–H groups in total. The Balaban J connectivity index is 1.56. The van der Waals surface area contributed by atoms with E-state index in [-0.39, 0.29) is 17.5 Å². The van der Waals surface area contributed by atoms with Gasteiger partial charge in [-0.15, -0.1) is 0 Å². The summed E-state index contributed by atoms with van der Waals surface area (Å²) in [5.74, 6) is -4.32. The first-order valence-electron chi connectivity index (χ1n) is 9.41. The standard InChI is InChI=1S/C25H18F4O/c1-30-25-22(27)14-20(23(28)24(25)29)17-8-6-15(7-9-17)12-21(26)19-11-10-16-4-2-3-5-18(16)13-19/h2-11,13-14,21H,12H2,1H3. The lowest BCUT2D eigenvalue weighted by atomic mass is 9.97. The topological polar surface area (TPSA) is 9.23 Å². The predicted molar refractivity (Wildman–Crippen MR) is 110 cm³/mol. The maximum absolute atomic E-state index is 14.9. The van der Waals surface area contributed by atoms with Crippen molar-refractivity contribution in [3.63, 3.8) is 0 Å². The van der Waals surface area contributed by atoms with Gasteiger partial charge >= 0.3 is 0 Å². The number of fused-ring (bicyclic) bond motifs is 1. The van der Waals surface area contributed by atoms with E-state index >= 15 is 0 Å². The monoisotopic (exact) mass is 410 g/mol. The zero-order valence-electron chi connectivity index (χ0n) is 16.1. The molecule has 0 aliphatic heterocycles. The normalized spacial score (nSPS) is 12.2. The second-order valence-electron chi connectivity index (χ2n) is 7.04. The van der Waals surface area contributed by atoms with Crippen LogP contribution in [-0.2, 0) is 6.42 Å². The predicted octanol–water partition coefficient (Wildman–Crippen LogP) is 7.19. The van der Waals surface area contributed by atoms with Crippen LogP contribution < -0.4 is 4.74 Å².